The molecule has 0 saturated carbocycles. The minimum absolute atomic E-state index is 0.0475. The molecule has 1 aliphatic rings. The van der Waals surface area contributed by atoms with Crippen molar-refractivity contribution in [3.8, 4) is 0 Å². The molecule has 0 radical (unpaired) electrons. The summed E-state index contributed by atoms with van der Waals surface area (Å²) in [7, 11) is 5.47. The molecule has 1 aliphatic heterocycles. The Labute approximate surface area is 140 Å². The van der Waals surface area contributed by atoms with Gasteiger partial charge in [0, 0.05) is 39.6 Å². The highest BCUT2D eigenvalue weighted by atomic mass is 19.2. The molecule has 0 aromatic heterocycles. The number of likely N-dealkylation sites (tertiary alicyclic amines) is 1. The zero-order chi connectivity index (χ0) is 17.9. The van der Waals surface area contributed by atoms with Gasteiger partial charge < -0.3 is 14.7 Å². The highest BCUT2D eigenvalue weighted by Crippen LogP contribution is 2.20. The number of benzene rings is 1. The number of hydrogen-bond acceptors (Lipinski definition) is 3. The summed E-state index contributed by atoms with van der Waals surface area (Å²) in [5.74, 6) is -2.39. The largest absolute Gasteiger partial charge is 0.345 e. The number of halogens is 2. The maximum Gasteiger partial charge on any atom is 0.228 e. The van der Waals surface area contributed by atoms with Crippen molar-refractivity contribution in [2.45, 2.75) is 13.0 Å². The van der Waals surface area contributed by atoms with Gasteiger partial charge in [0.25, 0.3) is 0 Å². The molecule has 1 aromatic rings. The van der Waals surface area contributed by atoms with Crippen molar-refractivity contribution < 1.29 is 18.4 Å². The molecule has 1 aromatic carbocycles. The van der Waals surface area contributed by atoms with Gasteiger partial charge >= 0.3 is 0 Å². The number of carbonyl (C=O) groups is 2. The lowest BCUT2D eigenvalue weighted by molar-refractivity contribution is -0.136. The fourth-order valence-electron chi connectivity index (χ4n) is 2.73. The Bertz CT molecular complexity index is 622. The Morgan fingerprint density at radius 1 is 1.25 bits per heavy atom. The monoisotopic (exact) mass is 339 g/mol. The summed E-state index contributed by atoms with van der Waals surface area (Å²) in [4.78, 5) is 29.5. The topological polar surface area (TPSA) is 43.9 Å². The van der Waals surface area contributed by atoms with E-state index in [0.717, 1.165) is 12.1 Å². The number of amides is 2. The van der Waals surface area contributed by atoms with Crippen molar-refractivity contribution in [1.29, 1.82) is 0 Å². The molecule has 0 aliphatic carbocycles. The van der Waals surface area contributed by atoms with E-state index in [1.54, 1.807) is 16.8 Å². The van der Waals surface area contributed by atoms with Gasteiger partial charge in [-0.25, -0.2) is 8.78 Å². The molecule has 5 nitrogen and oxygen atoms in total. The molecule has 24 heavy (non-hydrogen) atoms. The summed E-state index contributed by atoms with van der Waals surface area (Å²) in [6.07, 6.45) is 0.200. The minimum atomic E-state index is -0.928. The van der Waals surface area contributed by atoms with E-state index in [9.17, 15) is 18.4 Å². The first kappa shape index (κ1) is 18.3. The van der Waals surface area contributed by atoms with Gasteiger partial charge in [-0.05, 0) is 31.8 Å². The predicted molar refractivity (Wildman–Crippen MR) is 86.1 cm³/mol. The van der Waals surface area contributed by atoms with Crippen molar-refractivity contribution >= 4 is 11.8 Å². The summed E-state index contributed by atoms with van der Waals surface area (Å²) >= 11 is 0. The Morgan fingerprint density at radius 3 is 2.50 bits per heavy atom. The molecule has 0 N–H and O–H groups in total. The van der Waals surface area contributed by atoms with E-state index in [1.165, 1.54) is 6.07 Å². The van der Waals surface area contributed by atoms with Gasteiger partial charge in [-0.15, -0.1) is 0 Å². The normalized spacial score (nSPS) is 17.7. The zero-order valence-electron chi connectivity index (χ0n) is 14.3. The molecular weight excluding hydrogens is 316 g/mol. The van der Waals surface area contributed by atoms with Gasteiger partial charge in [0.2, 0.25) is 11.8 Å². The Kier molecular flexibility index (Phi) is 5.88. The van der Waals surface area contributed by atoms with Gasteiger partial charge in [0.15, 0.2) is 11.6 Å². The molecule has 1 fully saturated rings. The van der Waals surface area contributed by atoms with Gasteiger partial charge in [-0.1, -0.05) is 6.07 Å². The molecule has 0 bridgehead atoms. The van der Waals surface area contributed by atoms with Crippen LogP contribution in [0.4, 0.5) is 8.78 Å². The van der Waals surface area contributed by atoms with Gasteiger partial charge in [0.05, 0.1) is 5.92 Å². The van der Waals surface area contributed by atoms with Crippen LogP contribution in [0.5, 0.6) is 0 Å². The van der Waals surface area contributed by atoms with Gasteiger partial charge in [-0.3, -0.25) is 9.59 Å². The average molecular weight is 339 g/mol. The Hall–Kier alpha value is -2.02. The average Bonchev–Trinajstić information content (AvgIpc) is 2.85. The van der Waals surface area contributed by atoms with Crippen molar-refractivity contribution in [2.75, 3.05) is 40.8 Å². The molecule has 7 heteroatoms. The predicted octanol–water partition coefficient (Wildman–Crippen LogP) is 1.33. The third-order valence-electron chi connectivity index (χ3n) is 4.18. The summed E-state index contributed by atoms with van der Waals surface area (Å²) in [6, 6.07) is 3.64. The summed E-state index contributed by atoms with van der Waals surface area (Å²) in [5, 5.41) is 0. The third-order valence-corrected chi connectivity index (χ3v) is 4.18. The smallest absolute Gasteiger partial charge is 0.228 e. The van der Waals surface area contributed by atoms with Gasteiger partial charge in [0.1, 0.15) is 0 Å². The van der Waals surface area contributed by atoms with E-state index in [-0.39, 0.29) is 30.7 Å². The Balaban J connectivity index is 2.12. The first-order valence-electron chi connectivity index (χ1n) is 7.89. The molecule has 2 amide bonds. The number of likely N-dealkylation sites (N-methyl/N-ethyl adjacent to an activating group) is 1. The van der Waals surface area contributed by atoms with Crippen LogP contribution in [-0.2, 0) is 16.1 Å². The van der Waals surface area contributed by atoms with Crippen LogP contribution in [-0.4, -0.2) is 67.3 Å². The van der Waals surface area contributed by atoms with E-state index < -0.39 is 11.6 Å². The van der Waals surface area contributed by atoms with Crippen LogP contribution in [0.2, 0.25) is 0 Å². The fourth-order valence-corrected chi connectivity index (χ4v) is 2.73. The van der Waals surface area contributed by atoms with Crippen LogP contribution in [0, 0.1) is 17.6 Å². The second kappa shape index (κ2) is 7.70. The Morgan fingerprint density at radius 2 is 1.96 bits per heavy atom. The molecule has 2 rings (SSSR count). The lowest BCUT2D eigenvalue weighted by Gasteiger charge is -2.27. The van der Waals surface area contributed by atoms with Crippen LogP contribution in [0.3, 0.4) is 0 Å². The summed E-state index contributed by atoms with van der Waals surface area (Å²) in [5.41, 5.74) is 0.527. The van der Waals surface area contributed by atoms with E-state index in [1.807, 2.05) is 19.0 Å². The van der Waals surface area contributed by atoms with Crippen LogP contribution >= 0.6 is 0 Å². The quantitative estimate of drug-likeness (QED) is 0.785. The van der Waals surface area contributed by atoms with Crippen molar-refractivity contribution in [3.63, 3.8) is 0 Å². The van der Waals surface area contributed by atoms with E-state index in [4.69, 9.17) is 0 Å². The highest BCUT2D eigenvalue weighted by Gasteiger charge is 2.34. The van der Waals surface area contributed by atoms with Crippen molar-refractivity contribution in [3.05, 3.63) is 35.4 Å². The fraction of sp³-hybridized carbons (Fsp3) is 0.529. The van der Waals surface area contributed by atoms with Crippen molar-refractivity contribution in [2.24, 2.45) is 5.92 Å². The van der Waals surface area contributed by atoms with Crippen LogP contribution in [0.15, 0.2) is 18.2 Å². The number of hydrogen-bond donors (Lipinski definition) is 0. The molecule has 0 spiro atoms. The zero-order valence-corrected chi connectivity index (χ0v) is 14.3. The summed E-state index contributed by atoms with van der Waals surface area (Å²) < 4.78 is 26.5. The standard InChI is InChI=1S/C17H23F2N3O2/c1-20(2)6-7-22(10-12-4-5-14(18)15(19)8-12)17(24)13-9-16(23)21(3)11-13/h4-5,8,13H,6-7,9-11H2,1-3H3/t13-/m1/s1. The highest BCUT2D eigenvalue weighted by molar-refractivity contribution is 5.89. The first-order valence-corrected chi connectivity index (χ1v) is 7.89. The van der Waals surface area contributed by atoms with E-state index in [2.05, 4.69) is 0 Å². The number of carbonyl (C=O) groups excluding carboxylic acids is 2. The molecular formula is C17H23F2N3O2. The molecule has 1 atom stereocenters. The minimum Gasteiger partial charge on any atom is -0.345 e. The SMILES string of the molecule is CN(C)CCN(Cc1ccc(F)c(F)c1)C(=O)[C@@H]1CC(=O)N(C)C1. The lowest BCUT2D eigenvalue weighted by Crippen LogP contribution is -2.40. The number of rotatable bonds is 6. The number of nitrogens with zero attached hydrogens (tertiary/aromatic N) is 3. The lowest BCUT2D eigenvalue weighted by atomic mass is 10.1. The van der Waals surface area contributed by atoms with Crippen molar-refractivity contribution in [1.82, 2.24) is 14.7 Å². The third kappa shape index (κ3) is 4.50. The first-order chi connectivity index (χ1) is 11.3. The van der Waals surface area contributed by atoms with E-state index >= 15 is 0 Å². The molecule has 1 saturated heterocycles. The maximum atomic E-state index is 13.4. The molecule has 132 valence electrons. The van der Waals surface area contributed by atoms with Crippen LogP contribution in [0.1, 0.15) is 12.0 Å². The molecule has 1 heterocycles. The van der Waals surface area contributed by atoms with Crippen LogP contribution < -0.4 is 0 Å². The molecule has 0 unspecified atom stereocenters. The second-order valence-electron chi connectivity index (χ2n) is 6.49. The summed E-state index contributed by atoms with van der Waals surface area (Å²) in [6.45, 7) is 1.69. The maximum absolute atomic E-state index is 13.4. The van der Waals surface area contributed by atoms with Crippen LogP contribution in [0.25, 0.3) is 0 Å². The van der Waals surface area contributed by atoms with E-state index in [0.29, 0.717) is 25.2 Å². The van der Waals surface area contributed by atoms with Gasteiger partial charge in [-0.2, -0.15) is 0 Å². The second-order valence-corrected chi connectivity index (χ2v) is 6.49.